The molecule has 0 radical (unpaired) electrons. The van der Waals surface area contributed by atoms with Gasteiger partial charge in [0.25, 0.3) is 0 Å². The molecule has 7 heteroatoms. The van der Waals surface area contributed by atoms with Gasteiger partial charge in [0, 0.05) is 30.1 Å². The smallest absolute Gasteiger partial charge is 0.240 e. The number of rotatable bonds is 5. The van der Waals surface area contributed by atoms with E-state index in [4.69, 9.17) is 4.74 Å². The van der Waals surface area contributed by atoms with Gasteiger partial charge in [0.15, 0.2) is 0 Å². The first-order chi connectivity index (χ1) is 14.5. The zero-order valence-electron chi connectivity index (χ0n) is 17.9. The molecule has 1 N–H and O–H groups in total. The van der Waals surface area contributed by atoms with Gasteiger partial charge in [-0.2, -0.15) is 0 Å². The highest BCUT2D eigenvalue weighted by atomic mass is 16.5. The predicted molar refractivity (Wildman–Crippen MR) is 118 cm³/mol. The summed E-state index contributed by atoms with van der Waals surface area (Å²) in [6.07, 6.45) is 5.44. The van der Waals surface area contributed by atoms with Crippen molar-refractivity contribution in [2.24, 2.45) is 16.8 Å². The Labute approximate surface area is 177 Å². The van der Waals surface area contributed by atoms with Crippen molar-refractivity contribution in [3.8, 4) is 0 Å². The van der Waals surface area contributed by atoms with E-state index in [1.54, 1.807) is 6.20 Å². The maximum atomic E-state index is 12.7. The molecule has 0 spiro atoms. The van der Waals surface area contributed by atoms with Crippen LogP contribution in [0.5, 0.6) is 0 Å². The van der Waals surface area contributed by atoms with Crippen LogP contribution in [-0.4, -0.2) is 52.9 Å². The van der Waals surface area contributed by atoms with Crippen molar-refractivity contribution in [3.63, 3.8) is 0 Å². The van der Waals surface area contributed by atoms with Crippen LogP contribution in [0.1, 0.15) is 39.3 Å². The Bertz CT molecular complexity index is 990. The van der Waals surface area contributed by atoms with Crippen LogP contribution in [0.15, 0.2) is 41.2 Å². The second kappa shape index (κ2) is 8.92. The molecule has 4 rings (SSSR count). The maximum Gasteiger partial charge on any atom is 0.240 e. The van der Waals surface area contributed by atoms with Crippen LogP contribution in [0.2, 0.25) is 0 Å². The van der Waals surface area contributed by atoms with Gasteiger partial charge in [-0.3, -0.25) is 4.79 Å². The SMILES string of the molecule is CC1=CCN=C(c2ccc3cnc(NC(=O)C4CCN(CC(C)C)CC4)cc3n2)O1. The number of allylic oxidation sites excluding steroid dienone is 1. The van der Waals surface area contributed by atoms with E-state index in [-0.39, 0.29) is 11.8 Å². The van der Waals surface area contributed by atoms with Crippen molar-refractivity contribution in [2.45, 2.75) is 33.6 Å². The third-order valence-corrected chi connectivity index (χ3v) is 5.50. The Morgan fingerprint density at radius 2 is 2.10 bits per heavy atom. The lowest BCUT2D eigenvalue weighted by Gasteiger charge is -2.32. The number of ether oxygens (including phenoxy) is 1. The first-order valence-corrected chi connectivity index (χ1v) is 10.7. The Morgan fingerprint density at radius 3 is 2.83 bits per heavy atom. The maximum absolute atomic E-state index is 12.7. The lowest BCUT2D eigenvalue weighted by atomic mass is 9.95. The Balaban J connectivity index is 1.43. The number of fused-ring (bicyclic) bond motifs is 1. The number of carbonyl (C=O) groups excluding carboxylic acids is 1. The highest BCUT2D eigenvalue weighted by molar-refractivity contribution is 5.97. The quantitative estimate of drug-likeness (QED) is 0.819. The molecule has 158 valence electrons. The Kier molecular flexibility index (Phi) is 6.08. The summed E-state index contributed by atoms with van der Waals surface area (Å²) >= 11 is 0. The van der Waals surface area contributed by atoms with E-state index in [9.17, 15) is 4.79 Å². The average molecular weight is 408 g/mol. The number of hydrogen-bond acceptors (Lipinski definition) is 6. The molecule has 2 aromatic rings. The lowest BCUT2D eigenvalue weighted by molar-refractivity contribution is -0.121. The Morgan fingerprint density at radius 1 is 1.30 bits per heavy atom. The summed E-state index contributed by atoms with van der Waals surface area (Å²) in [5.74, 6) is 2.60. The third kappa shape index (κ3) is 4.84. The molecule has 7 nitrogen and oxygen atoms in total. The number of nitrogens with one attached hydrogen (secondary N) is 1. The van der Waals surface area contributed by atoms with Gasteiger partial charge in [-0.1, -0.05) is 13.8 Å². The minimum atomic E-state index is 0.0324. The van der Waals surface area contributed by atoms with Gasteiger partial charge < -0.3 is 15.0 Å². The lowest BCUT2D eigenvalue weighted by Crippen LogP contribution is -2.39. The first kappa shape index (κ1) is 20.5. The molecule has 0 unspecified atom stereocenters. The number of amides is 1. The largest absolute Gasteiger partial charge is 0.442 e. The number of anilines is 1. The average Bonchev–Trinajstić information content (AvgIpc) is 2.73. The van der Waals surface area contributed by atoms with E-state index in [0.717, 1.165) is 49.1 Å². The summed E-state index contributed by atoms with van der Waals surface area (Å²) in [7, 11) is 0. The highest BCUT2D eigenvalue weighted by Crippen LogP contribution is 2.22. The van der Waals surface area contributed by atoms with Gasteiger partial charge in [-0.15, -0.1) is 0 Å². The molecule has 30 heavy (non-hydrogen) atoms. The molecular formula is C23H29N5O2. The molecule has 2 aromatic heterocycles. The molecule has 1 amide bonds. The number of aliphatic imine (C=N–C) groups is 1. The summed E-state index contributed by atoms with van der Waals surface area (Å²) in [4.78, 5) is 28.6. The van der Waals surface area contributed by atoms with Gasteiger partial charge in [0.2, 0.25) is 11.8 Å². The minimum absolute atomic E-state index is 0.0324. The van der Waals surface area contributed by atoms with Crippen LogP contribution < -0.4 is 5.32 Å². The second-order valence-corrected chi connectivity index (χ2v) is 8.48. The zero-order valence-corrected chi connectivity index (χ0v) is 17.9. The molecule has 1 saturated heterocycles. The van der Waals surface area contributed by atoms with Crippen LogP contribution >= 0.6 is 0 Å². The summed E-state index contributed by atoms with van der Waals surface area (Å²) in [6, 6.07) is 5.64. The molecule has 1 fully saturated rings. The number of carbonyl (C=O) groups is 1. The normalized spacial score (nSPS) is 18.1. The second-order valence-electron chi connectivity index (χ2n) is 8.48. The summed E-state index contributed by atoms with van der Waals surface area (Å²) in [5.41, 5.74) is 1.43. The summed E-state index contributed by atoms with van der Waals surface area (Å²) in [6.45, 7) is 10.0. The first-order valence-electron chi connectivity index (χ1n) is 10.7. The highest BCUT2D eigenvalue weighted by Gasteiger charge is 2.25. The fourth-order valence-corrected chi connectivity index (χ4v) is 3.94. The number of nitrogens with zero attached hydrogens (tertiary/aromatic N) is 4. The van der Waals surface area contributed by atoms with Gasteiger partial charge in [-0.05, 0) is 57.0 Å². The minimum Gasteiger partial charge on any atom is -0.442 e. The number of piperidine rings is 1. The van der Waals surface area contributed by atoms with Crippen molar-refractivity contribution in [2.75, 3.05) is 31.5 Å². The fourth-order valence-electron chi connectivity index (χ4n) is 3.94. The number of pyridine rings is 2. The van der Waals surface area contributed by atoms with Crippen LogP contribution in [0.25, 0.3) is 10.9 Å². The van der Waals surface area contributed by atoms with Gasteiger partial charge in [0.05, 0.1) is 12.1 Å². The summed E-state index contributed by atoms with van der Waals surface area (Å²) < 4.78 is 5.69. The van der Waals surface area contributed by atoms with Crippen molar-refractivity contribution in [3.05, 3.63) is 41.9 Å². The molecule has 2 aliphatic rings. The molecule has 0 atom stereocenters. The molecule has 0 saturated carbocycles. The molecule has 0 bridgehead atoms. The number of hydrogen-bond donors (Lipinski definition) is 1. The van der Waals surface area contributed by atoms with E-state index in [0.29, 0.717) is 29.9 Å². The fraction of sp³-hybridized carbons (Fsp3) is 0.478. The number of aromatic nitrogens is 2. The molecule has 2 aliphatic heterocycles. The van der Waals surface area contributed by atoms with Crippen molar-refractivity contribution in [1.82, 2.24) is 14.9 Å². The molecular weight excluding hydrogens is 378 g/mol. The van der Waals surface area contributed by atoms with E-state index >= 15 is 0 Å². The zero-order chi connectivity index (χ0) is 21.1. The van der Waals surface area contributed by atoms with E-state index in [2.05, 4.69) is 39.0 Å². The number of likely N-dealkylation sites (tertiary alicyclic amines) is 1. The van der Waals surface area contributed by atoms with E-state index in [1.165, 1.54) is 0 Å². The monoisotopic (exact) mass is 407 g/mol. The van der Waals surface area contributed by atoms with Crippen LogP contribution in [0.3, 0.4) is 0 Å². The predicted octanol–water partition coefficient (Wildman–Crippen LogP) is 3.62. The van der Waals surface area contributed by atoms with E-state index < -0.39 is 0 Å². The molecule has 0 aromatic carbocycles. The van der Waals surface area contributed by atoms with Crippen LogP contribution in [-0.2, 0) is 9.53 Å². The standard InChI is InChI=1S/C23H29N5O2/c1-15(2)14-28-10-7-17(8-11-28)22(29)27-21-12-20-18(13-25-21)4-5-19(26-20)23-24-9-6-16(3)30-23/h4-6,12-13,15,17H,7-11,14H2,1-3H3,(H,25,27,29). The van der Waals surface area contributed by atoms with Crippen molar-refractivity contribution >= 4 is 28.5 Å². The third-order valence-electron chi connectivity index (χ3n) is 5.50. The molecule has 4 heterocycles. The van der Waals surface area contributed by atoms with Crippen LogP contribution in [0, 0.1) is 11.8 Å². The van der Waals surface area contributed by atoms with Crippen LogP contribution in [0.4, 0.5) is 5.82 Å². The topological polar surface area (TPSA) is 79.7 Å². The summed E-state index contributed by atoms with van der Waals surface area (Å²) in [5, 5.41) is 3.89. The van der Waals surface area contributed by atoms with Gasteiger partial charge >= 0.3 is 0 Å². The van der Waals surface area contributed by atoms with Gasteiger partial charge in [0.1, 0.15) is 17.3 Å². The van der Waals surface area contributed by atoms with Crippen molar-refractivity contribution < 1.29 is 9.53 Å². The molecule has 0 aliphatic carbocycles. The van der Waals surface area contributed by atoms with Crippen molar-refractivity contribution in [1.29, 1.82) is 0 Å². The van der Waals surface area contributed by atoms with E-state index in [1.807, 2.05) is 31.2 Å². The van der Waals surface area contributed by atoms with Gasteiger partial charge in [-0.25, -0.2) is 15.0 Å². The Hall–Kier alpha value is -2.80.